The van der Waals surface area contributed by atoms with Crippen molar-refractivity contribution in [3.8, 4) is 5.75 Å². The van der Waals surface area contributed by atoms with Gasteiger partial charge in [-0.1, -0.05) is 32.4 Å². The number of aromatic nitrogens is 1. The molecule has 2 rings (SSSR count). The highest BCUT2D eigenvalue weighted by Gasteiger charge is 2.29. The Kier molecular flexibility index (Phi) is 5.50. The SMILES string of the molecule is COCCCOc1cc2c(nc1Cl)CC[C@@H](C(C)(C)C)C2. The largest absolute Gasteiger partial charge is 0.490 e. The van der Waals surface area contributed by atoms with Crippen molar-refractivity contribution in [2.24, 2.45) is 11.3 Å². The van der Waals surface area contributed by atoms with Gasteiger partial charge in [0.05, 0.1) is 6.61 Å². The normalized spacial score (nSPS) is 18.4. The average molecular weight is 312 g/mol. The number of hydrogen-bond acceptors (Lipinski definition) is 3. The van der Waals surface area contributed by atoms with Gasteiger partial charge in [0.1, 0.15) is 0 Å². The second kappa shape index (κ2) is 6.97. The van der Waals surface area contributed by atoms with E-state index in [0.29, 0.717) is 35.4 Å². The maximum absolute atomic E-state index is 6.23. The first-order valence-corrected chi connectivity index (χ1v) is 8.09. The number of rotatable bonds is 5. The molecular weight excluding hydrogens is 286 g/mol. The van der Waals surface area contributed by atoms with Gasteiger partial charge in [0.2, 0.25) is 0 Å². The first-order chi connectivity index (χ1) is 9.91. The minimum atomic E-state index is 0.330. The van der Waals surface area contributed by atoms with Crippen LogP contribution in [0.5, 0.6) is 5.75 Å². The summed E-state index contributed by atoms with van der Waals surface area (Å²) in [6, 6.07) is 2.09. The van der Waals surface area contributed by atoms with Crippen molar-refractivity contribution in [1.82, 2.24) is 4.98 Å². The lowest BCUT2D eigenvalue weighted by Crippen LogP contribution is -2.27. The summed E-state index contributed by atoms with van der Waals surface area (Å²) < 4.78 is 10.8. The van der Waals surface area contributed by atoms with Crippen LogP contribution in [0.3, 0.4) is 0 Å². The van der Waals surface area contributed by atoms with Gasteiger partial charge < -0.3 is 9.47 Å². The summed E-state index contributed by atoms with van der Waals surface area (Å²) >= 11 is 6.23. The summed E-state index contributed by atoms with van der Waals surface area (Å²) in [5, 5.41) is 0.486. The topological polar surface area (TPSA) is 31.4 Å². The van der Waals surface area contributed by atoms with Gasteiger partial charge in [-0.3, -0.25) is 0 Å². The first-order valence-electron chi connectivity index (χ1n) is 7.72. The lowest BCUT2D eigenvalue weighted by atomic mass is 9.71. The number of nitrogens with zero attached hydrogens (tertiary/aromatic N) is 1. The molecule has 118 valence electrons. The molecule has 1 aliphatic rings. The molecule has 0 amide bonds. The van der Waals surface area contributed by atoms with Crippen LogP contribution in [-0.2, 0) is 17.6 Å². The molecule has 0 fully saturated rings. The van der Waals surface area contributed by atoms with Gasteiger partial charge in [-0.15, -0.1) is 0 Å². The molecule has 3 nitrogen and oxygen atoms in total. The Bertz CT molecular complexity index is 482. The van der Waals surface area contributed by atoms with Crippen molar-refractivity contribution in [2.45, 2.75) is 46.5 Å². The van der Waals surface area contributed by atoms with Crippen LogP contribution in [0.15, 0.2) is 6.07 Å². The molecule has 4 heteroatoms. The molecule has 1 aromatic heterocycles. The minimum absolute atomic E-state index is 0.330. The molecule has 0 saturated heterocycles. The summed E-state index contributed by atoms with van der Waals surface area (Å²) in [6.45, 7) is 8.25. The van der Waals surface area contributed by atoms with E-state index in [-0.39, 0.29) is 0 Å². The zero-order chi connectivity index (χ0) is 15.5. The monoisotopic (exact) mass is 311 g/mol. The maximum atomic E-state index is 6.23. The summed E-state index contributed by atoms with van der Waals surface area (Å²) in [5.41, 5.74) is 2.77. The van der Waals surface area contributed by atoms with Crippen LogP contribution >= 0.6 is 11.6 Å². The number of halogens is 1. The summed E-state index contributed by atoms with van der Waals surface area (Å²) in [6.07, 6.45) is 4.13. The number of ether oxygens (including phenoxy) is 2. The van der Waals surface area contributed by atoms with Crippen LogP contribution in [0.4, 0.5) is 0 Å². The number of methoxy groups -OCH3 is 1. The lowest BCUT2D eigenvalue weighted by molar-refractivity contribution is 0.172. The van der Waals surface area contributed by atoms with Crippen molar-refractivity contribution in [1.29, 1.82) is 0 Å². The highest BCUT2D eigenvalue weighted by atomic mass is 35.5. The molecule has 0 N–H and O–H groups in total. The van der Waals surface area contributed by atoms with Crippen molar-refractivity contribution in [3.63, 3.8) is 0 Å². The van der Waals surface area contributed by atoms with E-state index in [0.717, 1.165) is 25.0 Å². The van der Waals surface area contributed by atoms with Gasteiger partial charge in [0.25, 0.3) is 0 Å². The molecule has 0 aliphatic heterocycles. The molecule has 0 spiro atoms. The smallest absolute Gasteiger partial charge is 0.171 e. The fourth-order valence-electron chi connectivity index (χ4n) is 2.84. The Morgan fingerprint density at radius 3 is 2.76 bits per heavy atom. The molecule has 1 aliphatic carbocycles. The maximum Gasteiger partial charge on any atom is 0.171 e. The fraction of sp³-hybridized carbons (Fsp3) is 0.706. The van der Waals surface area contributed by atoms with Gasteiger partial charge in [0.15, 0.2) is 10.9 Å². The molecule has 0 radical (unpaired) electrons. The van der Waals surface area contributed by atoms with Crippen LogP contribution in [-0.4, -0.2) is 25.3 Å². The molecule has 0 bridgehead atoms. The fourth-order valence-corrected chi connectivity index (χ4v) is 3.06. The third-order valence-corrected chi connectivity index (χ3v) is 4.55. The van der Waals surface area contributed by atoms with Crippen molar-refractivity contribution in [3.05, 3.63) is 22.5 Å². The molecule has 1 atom stereocenters. The van der Waals surface area contributed by atoms with E-state index in [9.17, 15) is 0 Å². The van der Waals surface area contributed by atoms with Crippen LogP contribution < -0.4 is 4.74 Å². The highest BCUT2D eigenvalue weighted by molar-refractivity contribution is 6.30. The Hall–Kier alpha value is -0.800. The summed E-state index contributed by atoms with van der Waals surface area (Å²) in [5.74, 6) is 1.40. The van der Waals surface area contributed by atoms with Gasteiger partial charge in [-0.25, -0.2) is 4.98 Å². The molecule has 1 aromatic rings. The van der Waals surface area contributed by atoms with Crippen LogP contribution in [0.2, 0.25) is 5.15 Å². The third kappa shape index (κ3) is 4.33. The molecule has 0 unspecified atom stereocenters. The molecule has 0 aromatic carbocycles. The van der Waals surface area contributed by atoms with E-state index in [1.54, 1.807) is 7.11 Å². The average Bonchev–Trinajstić information content (AvgIpc) is 2.42. The molecule has 1 heterocycles. The standard InChI is InChI=1S/C17H26ClNO2/c1-17(2,3)13-6-7-14-12(10-13)11-15(16(18)19-14)21-9-5-8-20-4/h11,13H,5-10H2,1-4H3/t13-/m1/s1. The molecular formula is C17H26ClNO2. The number of aryl methyl sites for hydroxylation is 1. The predicted molar refractivity (Wildman–Crippen MR) is 86.2 cm³/mol. The van der Waals surface area contributed by atoms with Gasteiger partial charge in [-0.05, 0) is 42.2 Å². The molecule has 0 saturated carbocycles. The van der Waals surface area contributed by atoms with E-state index >= 15 is 0 Å². The van der Waals surface area contributed by atoms with Gasteiger partial charge >= 0.3 is 0 Å². The Labute approximate surface area is 133 Å². The van der Waals surface area contributed by atoms with Crippen LogP contribution in [0.1, 0.15) is 44.9 Å². The van der Waals surface area contributed by atoms with Crippen molar-refractivity contribution >= 4 is 11.6 Å². The van der Waals surface area contributed by atoms with Gasteiger partial charge in [0, 0.05) is 25.8 Å². The van der Waals surface area contributed by atoms with Crippen LogP contribution in [0, 0.1) is 11.3 Å². The van der Waals surface area contributed by atoms with E-state index in [1.807, 2.05) is 0 Å². The minimum Gasteiger partial charge on any atom is -0.490 e. The van der Waals surface area contributed by atoms with E-state index in [1.165, 1.54) is 12.0 Å². The number of fused-ring (bicyclic) bond motifs is 1. The van der Waals surface area contributed by atoms with Crippen molar-refractivity contribution in [2.75, 3.05) is 20.3 Å². The number of pyridine rings is 1. The highest BCUT2D eigenvalue weighted by Crippen LogP contribution is 2.38. The predicted octanol–water partition coefficient (Wildman–Crippen LogP) is 4.30. The second-order valence-electron chi connectivity index (χ2n) is 6.88. The Morgan fingerprint density at radius 1 is 1.33 bits per heavy atom. The van der Waals surface area contributed by atoms with E-state index < -0.39 is 0 Å². The van der Waals surface area contributed by atoms with E-state index in [4.69, 9.17) is 21.1 Å². The quantitative estimate of drug-likeness (QED) is 0.600. The molecule has 21 heavy (non-hydrogen) atoms. The van der Waals surface area contributed by atoms with Gasteiger partial charge in [-0.2, -0.15) is 0 Å². The number of hydrogen-bond donors (Lipinski definition) is 0. The lowest BCUT2D eigenvalue weighted by Gasteiger charge is -2.34. The Morgan fingerprint density at radius 2 is 2.10 bits per heavy atom. The third-order valence-electron chi connectivity index (χ3n) is 4.28. The van der Waals surface area contributed by atoms with E-state index in [2.05, 4.69) is 31.8 Å². The summed E-state index contributed by atoms with van der Waals surface area (Å²) in [7, 11) is 1.69. The zero-order valence-corrected chi connectivity index (χ0v) is 14.3. The first kappa shape index (κ1) is 16.6. The zero-order valence-electron chi connectivity index (χ0n) is 13.5. The Balaban J connectivity index is 2.09. The van der Waals surface area contributed by atoms with Crippen LogP contribution in [0.25, 0.3) is 0 Å². The second-order valence-corrected chi connectivity index (χ2v) is 7.24. The summed E-state index contributed by atoms with van der Waals surface area (Å²) in [4.78, 5) is 4.54. The van der Waals surface area contributed by atoms with Crippen molar-refractivity contribution < 1.29 is 9.47 Å².